The molecule has 4 bridgehead atoms. The van der Waals surface area contributed by atoms with Gasteiger partial charge in [-0.3, -0.25) is 4.79 Å². The van der Waals surface area contributed by atoms with Gasteiger partial charge in [-0.25, -0.2) is 4.79 Å². The Morgan fingerprint density at radius 2 is 1.65 bits per heavy atom. The van der Waals surface area contributed by atoms with Crippen LogP contribution in [0, 0.1) is 23.2 Å². The first-order valence-electron chi connectivity index (χ1n) is 8.02. The van der Waals surface area contributed by atoms with E-state index in [0.29, 0.717) is 12.8 Å². The largest absolute Gasteiger partial charge is 0.480 e. The summed E-state index contributed by atoms with van der Waals surface area (Å²) >= 11 is 0. The fraction of sp³-hybridized carbons (Fsp3) is 0.875. The standard InChI is InChI=1S/C16H25NO3/c1-2-13(15(19)20)17-14(18)9-16-6-10-3-11(7-16)5-12(4-10)8-16/h10-13H,2-9H2,1H3,(H,17,18)(H,19,20)/t10?,11?,12?,13-,16?/m0/s1. The lowest BCUT2D eigenvalue weighted by atomic mass is 9.49. The van der Waals surface area contributed by atoms with E-state index in [4.69, 9.17) is 5.11 Å². The second kappa shape index (κ2) is 5.05. The van der Waals surface area contributed by atoms with Crippen molar-refractivity contribution >= 4 is 11.9 Å². The van der Waals surface area contributed by atoms with Gasteiger partial charge in [0.25, 0.3) is 0 Å². The lowest BCUT2D eigenvalue weighted by Crippen LogP contribution is -2.49. The lowest BCUT2D eigenvalue weighted by molar-refractivity contribution is -0.143. The molecule has 1 amide bonds. The van der Waals surface area contributed by atoms with Crippen molar-refractivity contribution in [3.05, 3.63) is 0 Å². The van der Waals surface area contributed by atoms with Crippen molar-refractivity contribution in [1.82, 2.24) is 5.32 Å². The van der Waals surface area contributed by atoms with Gasteiger partial charge in [0.1, 0.15) is 6.04 Å². The minimum atomic E-state index is -0.925. The molecule has 0 heterocycles. The molecule has 0 saturated heterocycles. The van der Waals surface area contributed by atoms with Gasteiger partial charge in [-0.2, -0.15) is 0 Å². The number of carbonyl (C=O) groups is 2. The summed E-state index contributed by atoms with van der Waals surface area (Å²) in [5.41, 5.74) is 0.190. The molecule has 4 nitrogen and oxygen atoms in total. The predicted molar refractivity (Wildman–Crippen MR) is 75.1 cm³/mol. The van der Waals surface area contributed by atoms with E-state index in [0.717, 1.165) is 17.8 Å². The number of nitrogens with one attached hydrogen (secondary N) is 1. The Bertz CT molecular complexity index is 383. The molecule has 4 saturated carbocycles. The fourth-order valence-electron chi connectivity index (χ4n) is 5.43. The van der Waals surface area contributed by atoms with Crippen LogP contribution < -0.4 is 5.32 Å². The normalized spacial score (nSPS) is 39.5. The Balaban J connectivity index is 1.62. The Hall–Kier alpha value is -1.06. The van der Waals surface area contributed by atoms with Gasteiger partial charge < -0.3 is 10.4 Å². The Kier molecular flexibility index (Phi) is 3.51. The third kappa shape index (κ3) is 2.57. The summed E-state index contributed by atoms with van der Waals surface area (Å²) in [7, 11) is 0. The molecule has 2 N–H and O–H groups in total. The van der Waals surface area contributed by atoms with E-state index in [1.165, 1.54) is 38.5 Å². The van der Waals surface area contributed by atoms with Crippen LogP contribution in [0.25, 0.3) is 0 Å². The van der Waals surface area contributed by atoms with Crippen molar-refractivity contribution in [2.45, 2.75) is 64.3 Å². The van der Waals surface area contributed by atoms with Gasteiger partial charge in [-0.1, -0.05) is 6.92 Å². The third-order valence-corrected chi connectivity index (χ3v) is 5.74. The Morgan fingerprint density at radius 1 is 1.15 bits per heavy atom. The number of hydrogen-bond acceptors (Lipinski definition) is 2. The van der Waals surface area contributed by atoms with Gasteiger partial charge in [0.2, 0.25) is 5.91 Å². The molecular weight excluding hydrogens is 254 g/mol. The van der Waals surface area contributed by atoms with Crippen LogP contribution in [0.5, 0.6) is 0 Å². The highest BCUT2D eigenvalue weighted by atomic mass is 16.4. The third-order valence-electron chi connectivity index (χ3n) is 5.74. The average molecular weight is 279 g/mol. The van der Waals surface area contributed by atoms with Gasteiger partial charge >= 0.3 is 5.97 Å². The Morgan fingerprint density at radius 3 is 2.05 bits per heavy atom. The minimum Gasteiger partial charge on any atom is -0.480 e. The van der Waals surface area contributed by atoms with Crippen molar-refractivity contribution in [2.75, 3.05) is 0 Å². The van der Waals surface area contributed by atoms with Crippen LogP contribution in [-0.2, 0) is 9.59 Å². The molecular formula is C16H25NO3. The summed E-state index contributed by atoms with van der Waals surface area (Å²) in [5, 5.41) is 11.7. The van der Waals surface area contributed by atoms with Crippen molar-refractivity contribution in [1.29, 1.82) is 0 Å². The number of carboxylic acid groups (broad SMARTS) is 1. The summed E-state index contributed by atoms with van der Waals surface area (Å²) in [4.78, 5) is 23.2. The number of carbonyl (C=O) groups excluding carboxylic acids is 1. The molecule has 4 aliphatic carbocycles. The number of amides is 1. The zero-order valence-corrected chi connectivity index (χ0v) is 12.2. The van der Waals surface area contributed by atoms with Gasteiger partial charge in [-0.05, 0) is 68.1 Å². The summed E-state index contributed by atoms with van der Waals surface area (Å²) in [6.45, 7) is 1.80. The van der Waals surface area contributed by atoms with E-state index >= 15 is 0 Å². The molecule has 1 atom stereocenters. The highest BCUT2D eigenvalue weighted by molar-refractivity contribution is 5.83. The van der Waals surface area contributed by atoms with E-state index in [2.05, 4.69) is 5.32 Å². The maximum absolute atomic E-state index is 12.2. The number of hydrogen-bond donors (Lipinski definition) is 2. The average Bonchev–Trinajstić information content (AvgIpc) is 2.33. The fourth-order valence-corrected chi connectivity index (χ4v) is 5.43. The first-order chi connectivity index (χ1) is 9.49. The summed E-state index contributed by atoms with van der Waals surface area (Å²) in [6, 6.07) is -0.726. The molecule has 0 spiro atoms. The van der Waals surface area contributed by atoms with E-state index in [1.807, 2.05) is 0 Å². The SMILES string of the molecule is CC[C@H](NC(=O)CC12CC3CC(CC(C3)C1)C2)C(=O)O. The second-order valence-corrected chi connectivity index (χ2v) is 7.46. The molecule has 0 aliphatic heterocycles. The molecule has 4 aliphatic rings. The first-order valence-corrected chi connectivity index (χ1v) is 8.02. The van der Waals surface area contributed by atoms with Gasteiger partial charge in [0.15, 0.2) is 0 Å². The van der Waals surface area contributed by atoms with Gasteiger partial charge in [-0.15, -0.1) is 0 Å². The molecule has 0 aromatic carbocycles. The molecule has 0 radical (unpaired) electrons. The predicted octanol–water partition coefficient (Wildman–Crippen LogP) is 2.57. The van der Waals surface area contributed by atoms with Crippen LogP contribution >= 0.6 is 0 Å². The monoisotopic (exact) mass is 279 g/mol. The molecule has 4 rings (SSSR count). The highest BCUT2D eigenvalue weighted by Gasteiger charge is 2.51. The second-order valence-electron chi connectivity index (χ2n) is 7.46. The van der Waals surface area contributed by atoms with Gasteiger partial charge in [0, 0.05) is 6.42 Å². The Labute approximate surface area is 120 Å². The van der Waals surface area contributed by atoms with Crippen LogP contribution in [-0.4, -0.2) is 23.0 Å². The zero-order chi connectivity index (χ0) is 14.3. The maximum atomic E-state index is 12.2. The van der Waals surface area contributed by atoms with E-state index in [-0.39, 0.29) is 11.3 Å². The molecule has 0 aromatic rings. The van der Waals surface area contributed by atoms with Crippen LogP contribution in [0.2, 0.25) is 0 Å². The summed E-state index contributed by atoms with van der Waals surface area (Å²) < 4.78 is 0. The minimum absolute atomic E-state index is 0.0544. The highest BCUT2D eigenvalue weighted by Crippen LogP contribution is 2.61. The zero-order valence-electron chi connectivity index (χ0n) is 12.2. The van der Waals surface area contributed by atoms with Crippen molar-refractivity contribution in [3.8, 4) is 0 Å². The smallest absolute Gasteiger partial charge is 0.326 e. The van der Waals surface area contributed by atoms with Crippen molar-refractivity contribution < 1.29 is 14.7 Å². The van der Waals surface area contributed by atoms with Crippen LogP contribution in [0.3, 0.4) is 0 Å². The van der Waals surface area contributed by atoms with Crippen molar-refractivity contribution in [3.63, 3.8) is 0 Å². The van der Waals surface area contributed by atoms with Crippen LogP contribution in [0.15, 0.2) is 0 Å². The number of carboxylic acids is 1. The maximum Gasteiger partial charge on any atom is 0.326 e. The molecule has 4 heteroatoms. The molecule has 4 fully saturated rings. The van der Waals surface area contributed by atoms with E-state index in [9.17, 15) is 9.59 Å². The molecule has 112 valence electrons. The van der Waals surface area contributed by atoms with E-state index in [1.54, 1.807) is 6.92 Å². The van der Waals surface area contributed by atoms with Gasteiger partial charge in [0.05, 0.1) is 0 Å². The number of rotatable bonds is 5. The topological polar surface area (TPSA) is 66.4 Å². The van der Waals surface area contributed by atoms with E-state index < -0.39 is 12.0 Å². The molecule has 20 heavy (non-hydrogen) atoms. The molecule has 0 aromatic heterocycles. The quantitative estimate of drug-likeness (QED) is 0.813. The first kappa shape index (κ1) is 13.9. The van der Waals surface area contributed by atoms with Crippen LogP contribution in [0.1, 0.15) is 58.3 Å². The number of aliphatic carboxylic acids is 1. The lowest BCUT2D eigenvalue weighted by Gasteiger charge is -2.56. The van der Waals surface area contributed by atoms with Crippen LogP contribution in [0.4, 0.5) is 0 Å². The summed E-state index contributed by atoms with van der Waals surface area (Å²) in [6.07, 6.45) is 8.67. The van der Waals surface area contributed by atoms with Crippen molar-refractivity contribution in [2.24, 2.45) is 23.2 Å². The summed E-state index contributed by atoms with van der Waals surface area (Å²) in [5.74, 6) is 1.51. The molecule has 0 unspecified atom stereocenters.